The van der Waals surface area contributed by atoms with Crippen LogP contribution in [0.25, 0.3) is 5.65 Å². The van der Waals surface area contributed by atoms with Gasteiger partial charge in [-0.05, 0) is 57.3 Å². The lowest BCUT2D eigenvalue weighted by molar-refractivity contribution is 0.102. The van der Waals surface area contributed by atoms with Crippen molar-refractivity contribution < 1.29 is 4.79 Å². The number of carbonyl (C=O) groups excluding carboxylic acids is 1. The second kappa shape index (κ2) is 7.04. The summed E-state index contributed by atoms with van der Waals surface area (Å²) in [6.45, 7) is 8.17. The summed E-state index contributed by atoms with van der Waals surface area (Å²) < 4.78 is 1.94. The molecule has 0 saturated carbocycles. The third-order valence-corrected chi connectivity index (χ3v) is 5.18. The number of rotatable bonds is 3. The molecule has 0 unspecified atom stereocenters. The molecule has 1 N–H and O–H groups in total. The Morgan fingerprint density at radius 3 is 2.44 bits per heavy atom. The van der Waals surface area contributed by atoms with Crippen molar-refractivity contribution in [3.05, 3.63) is 59.5 Å². The molecular weight excluding hydrogens is 338 g/mol. The largest absolute Gasteiger partial charge is 0.369 e. The van der Waals surface area contributed by atoms with Gasteiger partial charge in [0.05, 0.1) is 5.56 Å². The Hall–Kier alpha value is -2.86. The molecule has 3 aromatic rings. The fourth-order valence-electron chi connectivity index (χ4n) is 3.59. The van der Waals surface area contributed by atoms with E-state index in [0.29, 0.717) is 11.2 Å². The quantitative estimate of drug-likeness (QED) is 0.777. The second-order valence-electron chi connectivity index (χ2n) is 7.25. The topological polar surface area (TPSA) is 52.9 Å². The van der Waals surface area contributed by atoms with Crippen molar-refractivity contribution in [3.8, 4) is 0 Å². The van der Waals surface area contributed by atoms with E-state index >= 15 is 0 Å². The van der Waals surface area contributed by atoms with Gasteiger partial charge < -0.3 is 19.5 Å². The van der Waals surface area contributed by atoms with E-state index in [2.05, 4.69) is 39.3 Å². The van der Waals surface area contributed by atoms with Crippen molar-refractivity contribution in [1.29, 1.82) is 0 Å². The zero-order chi connectivity index (χ0) is 19.0. The fraction of sp³-hybridized carbons (Fsp3) is 0.333. The van der Waals surface area contributed by atoms with Crippen molar-refractivity contribution >= 4 is 22.9 Å². The van der Waals surface area contributed by atoms with Crippen LogP contribution in [0.15, 0.2) is 42.6 Å². The smallest absolute Gasteiger partial charge is 0.259 e. The van der Waals surface area contributed by atoms with E-state index < -0.39 is 0 Å². The minimum atomic E-state index is -0.137. The number of aromatic nitrogens is 2. The molecule has 1 aromatic carbocycles. The van der Waals surface area contributed by atoms with Gasteiger partial charge in [0, 0.05) is 55.1 Å². The van der Waals surface area contributed by atoms with Gasteiger partial charge in [0.2, 0.25) is 0 Å². The first-order chi connectivity index (χ1) is 13.0. The highest BCUT2D eigenvalue weighted by Crippen LogP contribution is 2.21. The Morgan fingerprint density at radius 1 is 1.04 bits per heavy atom. The molecule has 1 aliphatic heterocycles. The summed E-state index contributed by atoms with van der Waals surface area (Å²) in [5.74, 6) is -0.137. The maximum atomic E-state index is 12.8. The van der Waals surface area contributed by atoms with Crippen molar-refractivity contribution in [2.24, 2.45) is 0 Å². The number of aryl methyl sites for hydroxylation is 2. The Bertz CT molecular complexity index is 968. The first kappa shape index (κ1) is 17.5. The minimum absolute atomic E-state index is 0.137. The highest BCUT2D eigenvalue weighted by molar-refractivity contribution is 6.08. The zero-order valence-electron chi connectivity index (χ0n) is 16.1. The molecule has 0 radical (unpaired) electrons. The average Bonchev–Trinajstić information content (AvgIpc) is 3.07. The number of benzene rings is 1. The molecule has 27 heavy (non-hydrogen) atoms. The first-order valence-corrected chi connectivity index (χ1v) is 9.31. The fourth-order valence-corrected chi connectivity index (χ4v) is 3.59. The number of likely N-dealkylation sites (N-methyl/N-ethyl adjacent to an activating group) is 1. The molecule has 0 bridgehead atoms. The number of hydrogen-bond donors (Lipinski definition) is 1. The Morgan fingerprint density at radius 2 is 1.74 bits per heavy atom. The predicted molar refractivity (Wildman–Crippen MR) is 109 cm³/mol. The van der Waals surface area contributed by atoms with Crippen LogP contribution >= 0.6 is 0 Å². The second-order valence-corrected chi connectivity index (χ2v) is 7.25. The van der Waals surface area contributed by atoms with E-state index in [1.165, 1.54) is 5.69 Å². The first-order valence-electron chi connectivity index (χ1n) is 9.31. The van der Waals surface area contributed by atoms with Crippen molar-refractivity contribution in [3.63, 3.8) is 0 Å². The molecule has 6 nitrogen and oxygen atoms in total. The molecular formula is C21H25N5O. The molecule has 1 amide bonds. The van der Waals surface area contributed by atoms with E-state index in [1.807, 2.05) is 48.7 Å². The van der Waals surface area contributed by atoms with Crippen LogP contribution in [0.3, 0.4) is 0 Å². The molecule has 0 aliphatic carbocycles. The molecule has 4 rings (SSSR count). The average molecular weight is 363 g/mol. The number of amides is 1. The Labute approximate surface area is 159 Å². The van der Waals surface area contributed by atoms with Crippen LogP contribution in [-0.4, -0.2) is 53.4 Å². The minimum Gasteiger partial charge on any atom is -0.369 e. The third-order valence-electron chi connectivity index (χ3n) is 5.18. The monoisotopic (exact) mass is 363 g/mol. The van der Waals surface area contributed by atoms with E-state index in [4.69, 9.17) is 0 Å². The highest BCUT2D eigenvalue weighted by Gasteiger charge is 2.16. The molecule has 0 atom stereocenters. The molecule has 1 aliphatic rings. The van der Waals surface area contributed by atoms with E-state index in [9.17, 15) is 4.79 Å². The third kappa shape index (κ3) is 3.53. The Balaban J connectivity index is 1.50. The summed E-state index contributed by atoms with van der Waals surface area (Å²) in [6.07, 6.45) is 1.89. The lowest BCUT2D eigenvalue weighted by Gasteiger charge is -2.34. The number of hydrogen-bond acceptors (Lipinski definition) is 4. The maximum Gasteiger partial charge on any atom is 0.259 e. The van der Waals surface area contributed by atoms with Gasteiger partial charge in [0.1, 0.15) is 5.65 Å². The SMILES string of the molecule is Cc1cc(C)n2ccc(C(=O)Nc3ccc(N4CCN(C)CC4)cc3)c2n1. The van der Waals surface area contributed by atoms with Gasteiger partial charge in [0.25, 0.3) is 5.91 Å². The number of nitrogens with one attached hydrogen (secondary N) is 1. The van der Waals surface area contributed by atoms with E-state index in [-0.39, 0.29) is 5.91 Å². The number of fused-ring (bicyclic) bond motifs is 1. The normalized spacial score (nSPS) is 15.3. The van der Waals surface area contributed by atoms with E-state index in [1.54, 1.807) is 0 Å². The van der Waals surface area contributed by atoms with Gasteiger partial charge in [-0.3, -0.25) is 4.79 Å². The van der Waals surface area contributed by atoms with Gasteiger partial charge in [-0.15, -0.1) is 0 Å². The summed E-state index contributed by atoms with van der Waals surface area (Å²) in [4.78, 5) is 22.0. The highest BCUT2D eigenvalue weighted by atomic mass is 16.1. The number of nitrogens with zero attached hydrogens (tertiary/aromatic N) is 4. The number of piperazine rings is 1. The van der Waals surface area contributed by atoms with Crippen molar-refractivity contribution in [2.75, 3.05) is 43.4 Å². The van der Waals surface area contributed by atoms with Crippen LogP contribution in [0, 0.1) is 13.8 Å². The standard InChI is InChI=1S/C21H25N5O/c1-15-14-16(2)26-9-8-19(20(26)22-15)21(27)23-17-4-6-18(7-5-17)25-12-10-24(3)11-13-25/h4-9,14H,10-13H2,1-3H3,(H,23,27). The van der Waals surface area contributed by atoms with Gasteiger partial charge in [0.15, 0.2) is 0 Å². The van der Waals surface area contributed by atoms with E-state index in [0.717, 1.165) is 43.3 Å². The van der Waals surface area contributed by atoms with Gasteiger partial charge in [-0.25, -0.2) is 4.98 Å². The summed E-state index contributed by atoms with van der Waals surface area (Å²) in [5.41, 5.74) is 5.24. The molecule has 1 fully saturated rings. The predicted octanol–water partition coefficient (Wildman–Crippen LogP) is 2.96. The van der Waals surface area contributed by atoms with Crippen LogP contribution in [0.5, 0.6) is 0 Å². The van der Waals surface area contributed by atoms with Gasteiger partial charge >= 0.3 is 0 Å². The van der Waals surface area contributed by atoms with Crippen LogP contribution in [0.1, 0.15) is 21.7 Å². The van der Waals surface area contributed by atoms with Crippen LogP contribution < -0.4 is 10.2 Å². The van der Waals surface area contributed by atoms with Gasteiger partial charge in [-0.2, -0.15) is 0 Å². The molecule has 0 spiro atoms. The van der Waals surface area contributed by atoms with Crippen molar-refractivity contribution in [1.82, 2.24) is 14.3 Å². The molecule has 3 heterocycles. The molecule has 6 heteroatoms. The Kier molecular flexibility index (Phi) is 4.58. The summed E-state index contributed by atoms with van der Waals surface area (Å²) in [5, 5.41) is 2.99. The number of carbonyl (C=O) groups is 1. The lowest BCUT2D eigenvalue weighted by atomic mass is 10.2. The van der Waals surface area contributed by atoms with Crippen molar-refractivity contribution in [2.45, 2.75) is 13.8 Å². The maximum absolute atomic E-state index is 12.8. The lowest BCUT2D eigenvalue weighted by Crippen LogP contribution is -2.44. The summed E-state index contributed by atoms with van der Waals surface area (Å²) >= 11 is 0. The van der Waals surface area contributed by atoms with Gasteiger partial charge in [-0.1, -0.05) is 0 Å². The van der Waals surface area contributed by atoms with Crippen LogP contribution in [0.2, 0.25) is 0 Å². The van der Waals surface area contributed by atoms with Crippen LogP contribution in [0.4, 0.5) is 11.4 Å². The zero-order valence-corrected chi connectivity index (χ0v) is 16.1. The van der Waals surface area contributed by atoms with Crippen LogP contribution in [-0.2, 0) is 0 Å². The summed E-state index contributed by atoms with van der Waals surface area (Å²) in [6, 6.07) is 11.9. The molecule has 1 saturated heterocycles. The number of anilines is 2. The summed E-state index contributed by atoms with van der Waals surface area (Å²) in [7, 11) is 2.15. The molecule has 2 aromatic heterocycles. The molecule has 140 valence electrons.